The topological polar surface area (TPSA) is 69.0 Å². The lowest BCUT2D eigenvalue weighted by Gasteiger charge is -2.48. The molecule has 1 aliphatic rings. The first-order chi connectivity index (χ1) is 9.54. The minimum Gasteiger partial charge on any atom is -0.366 e. The van der Waals surface area contributed by atoms with Crippen molar-refractivity contribution in [2.24, 2.45) is 7.05 Å². The van der Waals surface area contributed by atoms with Crippen LogP contribution < -0.4 is 4.90 Å². The van der Waals surface area contributed by atoms with Crippen molar-refractivity contribution >= 4 is 17.4 Å². The van der Waals surface area contributed by atoms with Gasteiger partial charge in [-0.15, -0.1) is 0 Å². The molecule has 0 aromatic carbocycles. The molecule has 1 saturated heterocycles. The molecule has 1 aliphatic heterocycles. The first kappa shape index (κ1) is 13.3. The van der Waals surface area contributed by atoms with Crippen LogP contribution in [0, 0.1) is 6.92 Å². The number of halogens is 1. The zero-order valence-electron chi connectivity index (χ0n) is 11.5. The van der Waals surface area contributed by atoms with E-state index in [1.807, 2.05) is 14.0 Å². The van der Waals surface area contributed by atoms with Gasteiger partial charge in [0.15, 0.2) is 11.4 Å². The van der Waals surface area contributed by atoms with E-state index in [-0.39, 0.29) is 0 Å². The second kappa shape index (κ2) is 4.68. The van der Waals surface area contributed by atoms with Crippen molar-refractivity contribution in [1.29, 1.82) is 0 Å². The Morgan fingerprint density at radius 2 is 2.10 bits per heavy atom. The molecule has 0 spiro atoms. The molecule has 2 aromatic rings. The van der Waals surface area contributed by atoms with Gasteiger partial charge in [0.2, 0.25) is 0 Å². The highest BCUT2D eigenvalue weighted by molar-refractivity contribution is 6.29. The molecule has 0 amide bonds. The maximum atomic E-state index is 5.97. The third-order valence-electron chi connectivity index (χ3n) is 3.52. The quantitative estimate of drug-likeness (QED) is 0.785. The van der Waals surface area contributed by atoms with Gasteiger partial charge in [-0.3, -0.25) is 4.68 Å². The van der Waals surface area contributed by atoms with Gasteiger partial charge in [0.05, 0.1) is 13.1 Å². The molecule has 20 heavy (non-hydrogen) atoms. The van der Waals surface area contributed by atoms with Crippen molar-refractivity contribution in [3.8, 4) is 0 Å². The van der Waals surface area contributed by atoms with E-state index in [0.29, 0.717) is 24.1 Å². The van der Waals surface area contributed by atoms with Crippen LogP contribution >= 0.6 is 11.6 Å². The van der Waals surface area contributed by atoms with Crippen LogP contribution in [-0.4, -0.2) is 44.9 Å². The monoisotopic (exact) mass is 294 g/mol. The van der Waals surface area contributed by atoms with E-state index < -0.39 is 5.60 Å². The van der Waals surface area contributed by atoms with Gasteiger partial charge in [0.25, 0.3) is 0 Å². The summed E-state index contributed by atoms with van der Waals surface area (Å²) in [6, 6.07) is 1.75. The summed E-state index contributed by atoms with van der Waals surface area (Å²) in [7, 11) is 3.54. The Labute approximate surface area is 121 Å². The van der Waals surface area contributed by atoms with Crippen molar-refractivity contribution in [3.05, 3.63) is 29.2 Å². The van der Waals surface area contributed by atoms with Crippen LogP contribution in [-0.2, 0) is 17.4 Å². The summed E-state index contributed by atoms with van der Waals surface area (Å²) >= 11 is 5.97. The summed E-state index contributed by atoms with van der Waals surface area (Å²) in [4.78, 5) is 14.8. The Bertz CT molecular complexity index is 616. The Morgan fingerprint density at radius 1 is 1.35 bits per heavy atom. The maximum absolute atomic E-state index is 5.97. The Kier molecular flexibility index (Phi) is 3.10. The predicted octanol–water partition coefficient (Wildman–Crippen LogP) is 0.929. The summed E-state index contributed by atoms with van der Waals surface area (Å²) in [5, 5.41) is 4.54. The van der Waals surface area contributed by atoms with Crippen molar-refractivity contribution in [1.82, 2.24) is 24.7 Å². The van der Waals surface area contributed by atoms with Crippen LogP contribution in [0.25, 0.3) is 0 Å². The van der Waals surface area contributed by atoms with Gasteiger partial charge in [0.1, 0.15) is 23.1 Å². The van der Waals surface area contributed by atoms with Crippen LogP contribution in [0.15, 0.2) is 12.4 Å². The lowest BCUT2D eigenvalue weighted by atomic mass is 9.92. The van der Waals surface area contributed by atoms with Gasteiger partial charge in [-0.25, -0.2) is 15.0 Å². The molecule has 0 bridgehead atoms. The largest absolute Gasteiger partial charge is 0.366 e. The first-order valence-electron chi connectivity index (χ1n) is 6.20. The number of aryl methyl sites for hydroxylation is 2. The van der Waals surface area contributed by atoms with Gasteiger partial charge in [0, 0.05) is 20.2 Å². The maximum Gasteiger partial charge on any atom is 0.162 e. The fraction of sp³-hybridized carbons (Fsp3) is 0.500. The molecule has 0 saturated carbocycles. The van der Waals surface area contributed by atoms with Crippen molar-refractivity contribution < 1.29 is 4.74 Å². The molecule has 2 aromatic heterocycles. The standard InChI is InChI=1S/C12H15ClN6O/c1-8-16-9(13)4-10(17-8)19-5-12(6-19,20-3)11-14-7-15-18(11)2/h4,7H,5-6H2,1-3H3. The van der Waals surface area contributed by atoms with Crippen LogP contribution in [0.2, 0.25) is 5.15 Å². The predicted molar refractivity (Wildman–Crippen MR) is 73.7 cm³/mol. The number of nitrogens with zero attached hydrogens (tertiary/aromatic N) is 6. The van der Waals surface area contributed by atoms with Crippen molar-refractivity contribution in [2.75, 3.05) is 25.1 Å². The number of ether oxygens (including phenoxy) is 1. The Hall–Kier alpha value is -1.73. The lowest BCUT2D eigenvalue weighted by molar-refractivity contribution is -0.0482. The van der Waals surface area contributed by atoms with Crippen LogP contribution in [0.5, 0.6) is 0 Å². The highest BCUT2D eigenvalue weighted by Gasteiger charge is 2.48. The molecule has 3 rings (SSSR count). The fourth-order valence-electron chi connectivity index (χ4n) is 2.48. The average molecular weight is 295 g/mol. The molecule has 106 valence electrons. The van der Waals surface area contributed by atoms with E-state index in [2.05, 4.69) is 25.0 Å². The second-order valence-corrected chi connectivity index (χ2v) is 5.25. The summed E-state index contributed by atoms with van der Waals surface area (Å²) < 4.78 is 7.40. The summed E-state index contributed by atoms with van der Waals surface area (Å²) in [5.41, 5.74) is -0.448. The molecule has 1 fully saturated rings. The normalized spacial score (nSPS) is 17.1. The molecule has 0 aliphatic carbocycles. The zero-order chi connectivity index (χ0) is 14.3. The third kappa shape index (κ3) is 2.03. The molecule has 0 radical (unpaired) electrons. The van der Waals surface area contributed by atoms with Crippen molar-refractivity contribution in [3.63, 3.8) is 0 Å². The van der Waals surface area contributed by atoms with Crippen LogP contribution in [0.3, 0.4) is 0 Å². The van der Waals surface area contributed by atoms with E-state index >= 15 is 0 Å². The van der Waals surface area contributed by atoms with Crippen LogP contribution in [0.1, 0.15) is 11.6 Å². The van der Waals surface area contributed by atoms with Gasteiger partial charge >= 0.3 is 0 Å². The van der Waals surface area contributed by atoms with Crippen LogP contribution in [0.4, 0.5) is 5.82 Å². The minimum absolute atomic E-state index is 0.445. The molecule has 0 unspecified atom stereocenters. The van der Waals surface area contributed by atoms with E-state index in [0.717, 1.165) is 11.6 Å². The van der Waals surface area contributed by atoms with Gasteiger partial charge in [-0.2, -0.15) is 5.10 Å². The van der Waals surface area contributed by atoms with Crippen molar-refractivity contribution in [2.45, 2.75) is 12.5 Å². The van der Waals surface area contributed by atoms with E-state index in [1.165, 1.54) is 6.33 Å². The summed E-state index contributed by atoms with van der Waals surface area (Å²) in [5.74, 6) is 2.27. The molecular formula is C12H15ClN6O. The zero-order valence-corrected chi connectivity index (χ0v) is 12.3. The lowest BCUT2D eigenvalue weighted by Crippen LogP contribution is -2.62. The average Bonchev–Trinajstić information content (AvgIpc) is 2.75. The molecular weight excluding hydrogens is 280 g/mol. The van der Waals surface area contributed by atoms with E-state index in [9.17, 15) is 0 Å². The number of hydrogen-bond donors (Lipinski definition) is 0. The number of anilines is 1. The fourth-order valence-corrected chi connectivity index (χ4v) is 2.70. The molecule has 7 nitrogen and oxygen atoms in total. The minimum atomic E-state index is -0.448. The number of aromatic nitrogens is 5. The van der Waals surface area contributed by atoms with Gasteiger partial charge < -0.3 is 9.64 Å². The second-order valence-electron chi connectivity index (χ2n) is 4.86. The summed E-state index contributed by atoms with van der Waals surface area (Å²) in [6.45, 7) is 3.13. The van der Waals surface area contributed by atoms with Gasteiger partial charge in [-0.05, 0) is 6.92 Å². The highest BCUT2D eigenvalue weighted by Crippen LogP contribution is 2.36. The molecule has 0 atom stereocenters. The highest BCUT2D eigenvalue weighted by atomic mass is 35.5. The Morgan fingerprint density at radius 3 is 2.65 bits per heavy atom. The first-order valence-corrected chi connectivity index (χ1v) is 6.58. The number of rotatable bonds is 3. The van der Waals surface area contributed by atoms with E-state index in [4.69, 9.17) is 16.3 Å². The third-order valence-corrected chi connectivity index (χ3v) is 3.71. The molecule has 8 heteroatoms. The molecule has 3 heterocycles. The number of hydrogen-bond acceptors (Lipinski definition) is 6. The SMILES string of the molecule is COC1(c2ncnn2C)CN(c2cc(Cl)nc(C)n2)C1. The molecule has 0 N–H and O–H groups in total. The van der Waals surface area contributed by atoms with Gasteiger partial charge in [-0.1, -0.05) is 11.6 Å². The summed E-state index contributed by atoms with van der Waals surface area (Å²) in [6.07, 6.45) is 1.53. The van der Waals surface area contributed by atoms with E-state index in [1.54, 1.807) is 17.9 Å². The smallest absolute Gasteiger partial charge is 0.162 e. The Balaban J connectivity index is 1.84. The number of methoxy groups -OCH3 is 1.